The quantitative estimate of drug-likeness (QED) is 0.798. The van der Waals surface area contributed by atoms with Crippen LogP contribution in [-0.2, 0) is 5.33 Å². The lowest BCUT2D eigenvalue weighted by Gasteiger charge is -2.08. The summed E-state index contributed by atoms with van der Waals surface area (Å²) < 4.78 is 31.1. The van der Waals surface area contributed by atoms with E-state index in [1.54, 1.807) is 12.3 Å². The molecule has 0 aliphatic carbocycles. The first-order valence-electron chi connectivity index (χ1n) is 4.83. The van der Waals surface area contributed by atoms with Crippen molar-refractivity contribution in [2.24, 2.45) is 0 Å². The normalized spacial score (nSPS) is 10.3. The molecule has 1 heterocycles. The summed E-state index contributed by atoms with van der Waals surface area (Å²) in [5.41, 5.74) is 0.831. The van der Waals surface area contributed by atoms with Gasteiger partial charge in [-0.25, -0.2) is 13.8 Å². The topological polar surface area (TPSA) is 22.1 Å². The molecule has 2 nitrogen and oxygen atoms in total. The molecule has 1 aromatic heterocycles. The van der Waals surface area contributed by atoms with Gasteiger partial charge in [-0.15, -0.1) is 0 Å². The molecule has 0 amide bonds. The molecule has 0 radical (unpaired) electrons. The maximum atomic E-state index is 13.0. The van der Waals surface area contributed by atoms with Gasteiger partial charge in [0, 0.05) is 23.2 Å². The predicted molar refractivity (Wildman–Crippen MR) is 63.3 cm³/mol. The Bertz CT molecular complexity index is 534. The van der Waals surface area contributed by atoms with Crippen LogP contribution in [0.2, 0.25) is 0 Å². The van der Waals surface area contributed by atoms with Gasteiger partial charge in [-0.2, -0.15) is 0 Å². The highest BCUT2D eigenvalue weighted by Crippen LogP contribution is 2.25. The Morgan fingerprint density at radius 1 is 1.18 bits per heavy atom. The number of benzene rings is 1. The number of halogens is 3. The van der Waals surface area contributed by atoms with E-state index in [9.17, 15) is 8.78 Å². The molecule has 0 bridgehead atoms. The molecule has 2 aromatic rings. The fourth-order valence-electron chi connectivity index (χ4n) is 1.27. The van der Waals surface area contributed by atoms with E-state index in [-0.39, 0.29) is 5.75 Å². The number of alkyl halides is 1. The van der Waals surface area contributed by atoms with Crippen molar-refractivity contribution in [2.75, 3.05) is 0 Å². The molecule has 17 heavy (non-hydrogen) atoms. The number of aromatic nitrogens is 1. The molecule has 0 aliphatic rings. The van der Waals surface area contributed by atoms with E-state index in [0.717, 1.165) is 17.7 Å². The Labute approximate surface area is 105 Å². The Morgan fingerprint density at radius 2 is 2.00 bits per heavy atom. The summed E-state index contributed by atoms with van der Waals surface area (Å²) in [7, 11) is 0. The zero-order chi connectivity index (χ0) is 12.3. The number of rotatable bonds is 3. The van der Waals surface area contributed by atoms with Crippen LogP contribution in [0.3, 0.4) is 0 Å². The van der Waals surface area contributed by atoms with Crippen LogP contribution in [0.4, 0.5) is 8.78 Å². The first kappa shape index (κ1) is 12.0. The molecule has 0 saturated heterocycles. The third-order valence-electron chi connectivity index (χ3n) is 2.10. The van der Waals surface area contributed by atoms with Crippen molar-refractivity contribution in [3.05, 3.63) is 53.7 Å². The Balaban J connectivity index is 2.28. The summed E-state index contributed by atoms with van der Waals surface area (Å²) in [5.74, 6) is -1.27. The smallest absolute Gasteiger partial charge is 0.223 e. The second kappa shape index (κ2) is 5.23. The van der Waals surface area contributed by atoms with Gasteiger partial charge in [0.15, 0.2) is 11.6 Å². The molecule has 0 fully saturated rings. The Morgan fingerprint density at radius 3 is 2.71 bits per heavy atom. The van der Waals surface area contributed by atoms with Gasteiger partial charge >= 0.3 is 0 Å². The van der Waals surface area contributed by atoms with Crippen molar-refractivity contribution in [3.63, 3.8) is 0 Å². The van der Waals surface area contributed by atoms with Gasteiger partial charge in [0.1, 0.15) is 5.75 Å². The van der Waals surface area contributed by atoms with Gasteiger partial charge < -0.3 is 4.74 Å². The maximum absolute atomic E-state index is 13.0. The van der Waals surface area contributed by atoms with Crippen LogP contribution >= 0.6 is 15.9 Å². The second-order valence-electron chi connectivity index (χ2n) is 3.28. The molecular formula is C12H8BrF2NO. The van der Waals surface area contributed by atoms with Crippen LogP contribution in [0.5, 0.6) is 11.6 Å². The lowest BCUT2D eigenvalue weighted by Crippen LogP contribution is -1.93. The summed E-state index contributed by atoms with van der Waals surface area (Å²) in [5, 5.41) is 0.569. The number of hydrogen-bond donors (Lipinski definition) is 0. The molecule has 0 aliphatic heterocycles. The molecule has 0 atom stereocenters. The van der Waals surface area contributed by atoms with Crippen LogP contribution < -0.4 is 4.74 Å². The van der Waals surface area contributed by atoms with Gasteiger partial charge in [0.2, 0.25) is 5.88 Å². The van der Waals surface area contributed by atoms with Gasteiger partial charge in [0.05, 0.1) is 0 Å². The van der Waals surface area contributed by atoms with E-state index in [4.69, 9.17) is 4.74 Å². The molecule has 88 valence electrons. The maximum Gasteiger partial charge on any atom is 0.223 e. The minimum atomic E-state index is -0.946. The lowest BCUT2D eigenvalue weighted by molar-refractivity contribution is 0.444. The van der Waals surface area contributed by atoms with Gasteiger partial charge in [-0.3, -0.25) is 0 Å². The molecule has 0 N–H and O–H groups in total. The molecule has 5 heteroatoms. The average molecular weight is 300 g/mol. The average Bonchev–Trinajstić information content (AvgIpc) is 2.34. The van der Waals surface area contributed by atoms with Gasteiger partial charge in [-0.1, -0.05) is 22.0 Å². The van der Waals surface area contributed by atoms with E-state index in [0.29, 0.717) is 11.2 Å². The summed E-state index contributed by atoms with van der Waals surface area (Å²) in [4.78, 5) is 4.03. The van der Waals surface area contributed by atoms with E-state index in [1.807, 2.05) is 6.07 Å². The molecule has 0 spiro atoms. The summed E-state index contributed by atoms with van der Waals surface area (Å²) >= 11 is 3.29. The highest BCUT2D eigenvalue weighted by Gasteiger charge is 2.07. The van der Waals surface area contributed by atoms with Crippen molar-refractivity contribution >= 4 is 15.9 Å². The lowest BCUT2D eigenvalue weighted by atomic mass is 10.3. The van der Waals surface area contributed by atoms with Gasteiger partial charge in [-0.05, 0) is 18.2 Å². The van der Waals surface area contributed by atoms with Crippen molar-refractivity contribution in [1.29, 1.82) is 0 Å². The first-order chi connectivity index (χ1) is 8.20. The van der Waals surface area contributed by atoms with Crippen LogP contribution in [-0.4, -0.2) is 4.98 Å². The SMILES string of the molecule is Fc1ccc(Oc2ncccc2CBr)cc1F. The fraction of sp³-hybridized carbons (Fsp3) is 0.0833. The van der Waals surface area contributed by atoms with Crippen molar-refractivity contribution in [2.45, 2.75) is 5.33 Å². The highest BCUT2D eigenvalue weighted by molar-refractivity contribution is 9.08. The minimum absolute atomic E-state index is 0.213. The monoisotopic (exact) mass is 299 g/mol. The van der Waals surface area contributed by atoms with Crippen molar-refractivity contribution < 1.29 is 13.5 Å². The van der Waals surface area contributed by atoms with Crippen molar-refractivity contribution in [1.82, 2.24) is 4.98 Å². The molecule has 0 saturated carbocycles. The van der Waals surface area contributed by atoms with Crippen LogP contribution in [0.25, 0.3) is 0 Å². The zero-order valence-corrected chi connectivity index (χ0v) is 10.2. The number of ether oxygens (including phenoxy) is 1. The number of nitrogens with zero attached hydrogens (tertiary/aromatic N) is 1. The molecule has 1 aromatic carbocycles. The van der Waals surface area contributed by atoms with Crippen molar-refractivity contribution in [3.8, 4) is 11.6 Å². The van der Waals surface area contributed by atoms with E-state index in [1.165, 1.54) is 6.07 Å². The van der Waals surface area contributed by atoms with E-state index in [2.05, 4.69) is 20.9 Å². The van der Waals surface area contributed by atoms with Gasteiger partial charge in [0.25, 0.3) is 0 Å². The van der Waals surface area contributed by atoms with Crippen LogP contribution in [0.15, 0.2) is 36.5 Å². The largest absolute Gasteiger partial charge is 0.439 e. The Kier molecular flexibility index (Phi) is 3.68. The number of hydrogen-bond acceptors (Lipinski definition) is 2. The third-order valence-corrected chi connectivity index (χ3v) is 2.70. The predicted octanol–water partition coefficient (Wildman–Crippen LogP) is 4.05. The standard InChI is InChI=1S/C12H8BrF2NO/c13-7-8-2-1-5-16-12(8)17-9-3-4-10(14)11(15)6-9/h1-6H,7H2. The zero-order valence-electron chi connectivity index (χ0n) is 8.66. The second-order valence-corrected chi connectivity index (χ2v) is 3.84. The minimum Gasteiger partial charge on any atom is -0.439 e. The molecule has 2 rings (SSSR count). The number of pyridine rings is 1. The van der Waals surface area contributed by atoms with Crippen LogP contribution in [0, 0.1) is 11.6 Å². The highest BCUT2D eigenvalue weighted by atomic mass is 79.9. The van der Waals surface area contributed by atoms with E-state index >= 15 is 0 Å². The first-order valence-corrected chi connectivity index (χ1v) is 5.95. The third kappa shape index (κ3) is 2.79. The van der Waals surface area contributed by atoms with E-state index < -0.39 is 11.6 Å². The molecular weight excluding hydrogens is 292 g/mol. The summed E-state index contributed by atoms with van der Waals surface area (Å²) in [6.45, 7) is 0. The molecule has 0 unspecified atom stereocenters. The fourth-order valence-corrected chi connectivity index (χ4v) is 1.70. The van der Waals surface area contributed by atoms with Crippen LogP contribution in [0.1, 0.15) is 5.56 Å². The summed E-state index contributed by atoms with van der Waals surface area (Å²) in [6.07, 6.45) is 1.57. The summed E-state index contributed by atoms with van der Waals surface area (Å²) in [6, 6.07) is 6.96. The Hall–Kier alpha value is -1.49.